The summed E-state index contributed by atoms with van der Waals surface area (Å²) in [5.74, 6) is -0.0109. The number of amides is 1. The molecule has 2 atom stereocenters. The van der Waals surface area contributed by atoms with Crippen LogP contribution in [-0.4, -0.2) is 47.4 Å². The van der Waals surface area contributed by atoms with Gasteiger partial charge in [-0.25, -0.2) is 0 Å². The van der Waals surface area contributed by atoms with Crippen molar-refractivity contribution in [3.8, 4) is 0 Å². The number of ether oxygens (including phenoxy) is 1. The molecule has 0 fully saturated rings. The molecule has 85 heavy (non-hydrogen) atoms. The smallest absolute Gasteiger partial charge is 0.305 e. The topological polar surface area (TPSA) is 95.9 Å². The highest BCUT2D eigenvalue weighted by atomic mass is 16.5. The van der Waals surface area contributed by atoms with Crippen molar-refractivity contribution in [3.63, 3.8) is 0 Å². The van der Waals surface area contributed by atoms with Gasteiger partial charge in [0, 0.05) is 12.8 Å². The van der Waals surface area contributed by atoms with Crippen molar-refractivity contribution < 1.29 is 24.5 Å². The van der Waals surface area contributed by atoms with Crippen LogP contribution < -0.4 is 5.32 Å². The van der Waals surface area contributed by atoms with Crippen LogP contribution in [-0.2, 0) is 14.3 Å². The third-order valence-corrected chi connectivity index (χ3v) is 18.8. The van der Waals surface area contributed by atoms with E-state index in [1.807, 2.05) is 0 Å². The molecule has 1 amide bonds. The van der Waals surface area contributed by atoms with E-state index in [0.717, 1.165) is 38.5 Å². The molecule has 506 valence electrons. The van der Waals surface area contributed by atoms with Gasteiger partial charge in [0.2, 0.25) is 5.91 Å². The number of nitrogens with one attached hydrogen (secondary N) is 1. The summed E-state index contributed by atoms with van der Waals surface area (Å²) in [7, 11) is 0. The molecule has 0 aromatic carbocycles. The van der Waals surface area contributed by atoms with Gasteiger partial charge in [0.1, 0.15) is 0 Å². The van der Waals surface area contributed by atoms with Gasteiger partial charge in [-0.15, -0.1) is 0 Å². The lowest BCUT2D eigenvalue weighted by Gasteiger charge is -2.22. The van der Waals surface area contributed by atoms with Crippen LogP contribution in [0, 0.1) is 0 Å². The SMILES string of the molecule is CCCCCCCCCCCCCCCCCCCCCCCCCCCC(O)C(CO)NC(=O)CCCCCCCCCCCC/C=C\CCCCCCCCCCCCCCOC(=O)CCCCCCCCCCCCCCCCCCC. The van der Waals surface area contributed by atoms with Gasteiger partial charge >= 0.3 is 5.97 Å². The van der Waals surface area contributed by atoms with Crippen molar-refractivity contribution in [2.24, 2.45) is 0 Å². The molecule has 6 nitrogen and oxygen atoms in total. The van der Waals surface area contributed by atoms with E-state index in [1.54, 1.807) is 0 Å². The van der Waals surface area contributed by atoms with Gasteiger partial charge in [0.05, 0.1) is 25.4 Å². The molecule has 0 spiro atoms. The summed E-state index contributed by atoms with van der Waals surface area (Å²) in [4.78, 5) is 24.7. The summed E-state index contributed by atoms with van der Waals surface area (Å²) in [6, 6.07) is -0.544. The van der Waals surface area contributed by atoms with Gasteiger partial charge in [0.25, 0.3) is 0 Å². The van der Waals surface area contributed by atoms with Crippen LogP contribution >= 0.6 is 0 Å². The Bertz CT molecular complexity index is 1290. The second-order valence-electron chi connectivity index (χ2n) is 27.4. The van der Waals surface area contributed by atoms with E-state index in [1.165, 1.54) is 385 Å². The van der Waals surface area contributed by atoms with E-state index < -0.39 is 12.1 Å². The molecule has 0 saturated carbocycles. The quantitative estimate of drug-likeness (QED) is 0.0320. The summed E-state index contributed by atoms with van der Waals surface area (Å²) < 4.78 is 5.51. The maximum absolute atomic E-state index is 12.6. The molecule has 0 aliphatic rings. The normalized spacial score (nSPS) is 12.5. The molecular formula is C79H155NO5. The zero-order chi connectivity index (χ0) is 61.3. The molecule has 3 N–H and O–H groups in total. The molecule has 0 aliphatic carbocycles. The Kier molecular flexibility index (Phi) is 73.8. The Morgan fingerprint density at radius 1 is 0.318 bits per heavy atom. The lowest BCUT2D eigenvalue weighted by Crippen LogP contribution is -2.45. The minimum absolute atomic E-state index is 0.0198. The van der Waals surface area contributed by atoms with Crippen LogP contribution in [0.2, 0.25) is 0 Å². The fourth-order valence-electron chi connectivity index (χ4n) is 12.8. The van der Waals surface area contributed by atoms with Gasteiger partial charge < -0.3 is 20.3 Å². The number of carbonyl (C=O) groups excluding carboxylic acids is 2. The molecule has 6 heteroatoms. The van der Waals surface area contributed by atoms with Crippen molar-refractivity contribution in [3.05, 3.63) is 12.2 Å². The van der Waals surface area contributed by atoms with E-state index in [0.29, 0.717) is 25.9 Å². The van der Waals surface area contributed by atoms with Gasteiger partial charge in [0.15, 0.2) is 0 Å². The van der Waals surface area contributed by atoms with Crippen molar-refractivity contribution >= 4 is 11.9 Å². The van der Waals surface area contributed by atoms with Crippen LogP contribution in [0.25, 0.3) is 0 Å². The Morgan fingerprint density at radius 2 is 0.553 bits per heavy atom. The van der Waals surface area contributed by atoms with Crippen LogP contribution in [0.1, 0.15) is 457 Å². The predicted octanol–water partition coefficient (Wildman–Crippen LogP) is 25.9. The van der Waals surface area contributed by atoms with Crippen molar-refractivity contribution in [1.29, 1.82) is 0 Å². The average molecular weight is 1200 g/mol. The number of aliphatic hydroxyl groups is 2. The summed E-state index contributed by atoms with van der Waals surface area (Å²) in [6.45, 7) is 5.01. The fraction of sp³-hybridized carbons (Fsp3) is 0.949. The summed E-state index contributed by atoms with van der Waals surface area (Å²) >= 11 is 0. The summed E-state index contributed by atoms with van der Waals surface area (Å²) in [5.41, 5.74) is 0. The van der Waals surface area contributed by atoms with Crippen LogP contribution in [0.4, 0.5) is 0 Å². The van der Waals surface area contributed by atoms with Gasteiger partial charge in [-0.1, -0.05) is 405 Å². The molecule has 0 aromatic heterocycles. The molecule has 0 aliphatic heterocycles. The first kappa shape index (κ1) is 83.6. The number of hydrogen-bond donors (Lipinski definition) is 3. The Hall–Kier alpha value is -1.40. The Morgan fingerprint density at radius 3 is 0.835 bits per heavy atom. The second-order valence-corrected chi connectivity index (χ2v) is 27.4. The third-order valence-electron chi connectivity index (χ3n) is 18.8. The largest absolute Gasteiger partial charge is 0.466 e. The lowest BCUT2D eigenvalue weighted by molar-refractivity contribution is -0.143. The van der Waals surface area contributed by atoms with E-state index in [2.05, 4.69) is 31.3 Å². The monoisotopic (exact) mass is 1200 g/mol. The number of rotatable bonds is 75. The highest BCUT2D eigenvalue weighted by molar-refractivity contribution is 5.76. The maximum Gasteiger partial charge on any atom is 0.305 e. The van der Waals surface area contributed by atoms with Crippen molar-refractivity contribution in [2.45, 2.75) is 469 Å². The molecule has 0 rings (SSSR count). The van der Waals surface area contributed by atoms with Gasteiger partial charge in [-0.2, -0.15) is 0 Å². The number of hydrogen-bond acceptors (Lipinski definition) is 5. The fourth-order valence-corrected chi connectivity index (χ4v) is 12.8. The first-order valence-electron chi connectivity index (χ1n) is 39.4. The summed E-state index contributed by atoms with van der Waals surface area (Å²) in [6.07, 6.45) is 94.4. The lowest BCUT2D eigenvalue weighted by atomic mass is 10.0. The Labute approximate surface area is 533 Å². The first-order chi connectivity index (χ1) is 42.0. The third kappa shape index (κ3) is 71.6. The van der Waals surface area contributed by atoms with E-state index >= 15 is 0 Å². The number of unbranched alkanes of at least 4 members (excludes halogenated alkanes) is 62. The standard InChI is InChI=1S/C79H155NO5/c1-3-5-7-9-11-13-15-17-19-21-22-23-24-27-30-33-36-40-43-47-51-55-59-63-67-71-77(82)76(75-81)80-78(83)72-68-64-60-56-52-48-44-41-37-34-31-28-25-26-29-32-35-38-42-46-50-54-58-62-66-70-74-85-79(84)73-69-65-61-57-53-49-45-39-20-18-16-14-12-10-8-6-4-2/h25,28,76-77,81-82H,3-24,26-27,29-75H2,1-2H3,(H,80,83)/b28-25-. The highest BCUT2D eigenvalue weighted by Crippen LogP contribution is 2.20. The average Bonchev–Trinajstić information content (AvgIpc) is 3.51. The van der Waals surface area contributed by atoms with Crippen LogP contribution in [0.15, 0.2) is 12.2 Å². The number of esters is 1. The zero-order valence-corrected chi connectivity index (χ0v) is 58.1. The van der Waals surface area contributed by atoms with Gasteiger partial charge in [-0.3, -0.25) is 9.59 Å². The van der Waals surface area contributed by atoms with E-state index in [4.69, 9.17) is 4.74 Å². The highest BCUT2D eigenvalue weighted by Gasteiger charge is 2.20. The number of allylic oxidation sites excluding steroid dienone is 2. The molecule has 0 saturated heterocycles. The number of carbonyl (C=O) groups is 2. The molecule has 2 unspecified atom stereocenters. The minimum atomic E-state index is -0.667. The first-order valence-corrected chi connectivity index (χ1v) is 39.4. The number of aliphatic hydroxyl groups excluding tert-OH is 2. The van der Waals surface area contributed by atoms with Crippen LogP contribution in [0.3, 0.4) is 0 Å². The molecule has 0 aromatic rings. The van der Waals surface area contributed by atoms with Crippen LogP contribution in [0.5, 0.6) is 0 Å². The van der Waals surface area contributed by atoms with Crippen molar-refractivity contribution in [1.82, 2.24) is 5.32 Å². The predicted molar refractivity (Wildman–Crippen MR) is 375 cm³/mol. The van der Waals surface area contributed by atoms with Crippen molar-refractivity contribution in [2.75, 3.05) is 13.2 Å². The Balaban J connectivity index is 3.37. The second kappa shape index (κ2) is 75.1. The van der Waals surface area contributed by atoms with E-state index in [-0.39, 0.29) is 18.5 Å². The molecule has 0 heterocycles. The summed E-state index contributed by atoms with van der Waals surface area (Å²) in [5, 5.41) is 23.5. The van der Waals surface area contributed by atoms with Gasteiger partial charge in [-0.05, 0) is 51.4 Å². The minimum Gasteiger partial charge on any atom is -0.466 e. The molecular weight excluding hydrogens is 1040 g/mol. The maximum atomic E-state index is 12.6. The zero-order valence-electron chi connectivity index (χ0n) is 58.1. The van der Waals surface area contributed by atoms with E-state index in [9.17, 15) is 19.8 Å². The molecule has 0 radical (unpaired) electrons. The molecule has 0 bridgehead atoms.